The number of piperazine rings is 1. The summed E-state index contributed by atoms with van der Waals surface area (Å²) in [6, 6.07) is 13.9. The van der Waals surface area contributed by atoms with Gasteiger partial charge in [0.2, 0.25) is 5.91 Å². The summed E-state index contributed by atoms with van der Waals surface area (Å²) in [7, 11) is 0. The minimum atomic E-state index is 0.0541. The van der Waals surface area contributed by atoms with Crippen LogP contribution in [0.5, 0.6) is 5.75 Å². The smallest absolute Gasteiger partial charge is 0.234 e. The molecule has 0 aliphatic carbocycles. The molecule has 144 valence electrons. The number of hydrogen-bond acceptors (Lipinski definition) is 5. The number of amides is 1. The summed E-state index contributed by atoms with van der Waals surface area (Å²) in [4.78, 5) is 18.2. The van der Waals surface area contributed by atoms with Crippen LogP contribution in [0.4, 0.5) is 0 Å². The van der Waals surface area contributed by atoms with Gasteiger partial charge in [-0.3, -0.25) is 9.69 Å². The molecular formula is C21H20ClN3O2S. The number of nitrogens with zero attached hydrogens (tertiary/aromatic N) is 2. The molecule has 4 rings (SSSR count). The van der Waals surface area contributed by atoms with Crippen LogP contribution in [0.25, 0.3) is 11.1 Å². The predicted octanol–water partition coefficient (Wildman–Crippen LogP) is 3.97. The van der Waals surface area contributed by atoms with Crippen LogP contribution in [-0.4, -0.2) is 35.4 Å². The zero-order chi connectivity index (χ0) is 19.3. The van der Waals surface area contributed by atoms with E-state index in [1.165, 1.54) is 0 Å². The third-order valence-electron chi connectivity index (χ3n) is 4.62. The summed E-state index contributed by atoms with van der Waals surface area (Å²) in [6.45, 7) is 2.92. The fourth-order valence-corrected chi connectivity index (χ4v) is 4.02. The van der Waals surface area contributed by atoms with E-state index in [0.29, 0.717) is 31.3 Å². The molecule has 7 heteroatoms. The second-order valence-electron chi connectivity index (χ2n) is 6.63. The Morgan fingerprint density at radius 2 is 2.14 bits per heavy atom. The number of hydrogen-bond donors (Lipinski definition) is 1. The van der Waals surface area contributed by atoms with E-state index in [1.807, 2.05) is 41.8 Å². The first-order chi connectivity index (χ1) is 13.7. The Hall–Kier alpha value is -2.41. The number of rotatable bonds is 6. The lowest BCUT2D eigenvalue weighted by Crippen LogP contribution is -2.47. The molecule has 1 aliphatic rings. The van der Waals surface area contributed by atoms with Gasteiger partial charge >= 0.3 is 0 Å². The number of ether oxygens (including phenoxy) is 1. The van der Waals surface area contributed by atoms with E-state index in [4.69, 9.17) is 16.3 Å². The van der Waals surface area contributed by atoms with Gasteiger partial charge in [0, 0.05) is 41.2 Å². The fraction of sp³-hybridized carbons (Fsp3) is 0.238. The SMILES string of the molecule is O=C1CN(Cc2cc(-c3ccccc3Cl)ccc2OCc2cscn2)CCN1. The van der Waals surface area contributed by atoms with E-state index in [-0.39, 0.29) is 5.91 Å². The predicted molar refractivity (Wildman–Crippen MR) is 112 cm³/mol. The van der Waals surface area contributed by atoms with Gasteiger partial charge in [0.05, 0.1) is 17.7 Å². The molecule has 1 fully saturated rings. The van der Waals surface area contributed by atoms with Crippen molar-refractivity contribution in [1.82, 2.24) is 15.2 Å². The molecule has 0 atom stereocenters. The quantitative estimate of drug-likeness (QED) is 0.664. The molecular weight excluding hydrogens is 394 g/mol. The zero-order valence-corrected chi connectivity index (χ0v) is 16.8. The average Bonchev–Trinajstić information content (AvgIpc) is 3.21. The fourth-order valence-electron chi connectivity index (χ4n) is 3.23. The van der Waals surface area contributed by atoms with E-state index in [9.17, 15) is 4.79 Å². The van der Waals surface area contributed by atoms with Crippen molar-refractivity contribution in [1.29, 1.82) is 0 Å². The standard InChI is InChI=1S/C21H20ClN3O2S/c22-19-4-2-1-3-18(19)15-5-6-20(27-12-17-13-28-14-24-17)16(9-15)10-25-8-7-23-21(26)11-25/h1-6,9,13-14H,7-8,10-12H2,(H,23,26). The van der Waals surface area contributed by atoms with Crippen molar-refractivity contribution in [3.8, 4) is 16.9 Å². The minimum absolute atomic E-state index is 0.0541. The van der Waals surface area contributed by atoms with Gasteiger partial charge in [0.25, 0.3) is 0 Å². The maximum atomic E-state index is 11.8. The van der Waals surface area contributed by atoms with E-state index in [1.54, 1.807) is 16.8 Å². The van der Waals surface area contributed by atoms with Crippen molar-refractivity contribution in [2.75, 3.05) is 19.6 Å². The molecule has 3 aromatic rings. The van der Waals surface area contributed by atoms with Crippen LogP contribution >= 0.6 is 22.9 Å². The van der Waals surface area contributed by atoms with Crippen LogP contribution in [0.15, 0.2) is 53.4 Å². The van der Waals surface area contributed by atoms with Gasteiger partial charge in [-0.05, 0) is 23.8 Å². The summed E-state index contributed by atoms with van der Waals surface area (Å²) >= 11 is 7.94. The maximum Gasteiger partial charge on any atom is 0.234 e. The highest BCUT2D eigenvalue weighted by atomic mass is 35.5. The Morgan fingerprint density at radius 3 is 2.93 bits per heavy atom. The number of carbonyl (C=O) groups excluding carboxylic acids is 1. The third kappa shape index (κ3) is 4.52. The number of carbonyl (C=O) groups is 1. The van der Waals surface area contributed by atoms with Gasteiger partial charge in [-0.2, -0.15) is 0 Å². The summed E-state index contributed by atoms with van der Waals surface area (Å²) in [5.41, 5.74) is 5.74. The van der Waals surface area contributed by atoms with Crippen LogP contribution < -0.4 is 10.1 Å². The van der Waals surface area contributed by atoms with Gasteiger partial charge < -0.3 is 10.1 Å². The molecule has 1 N–H and O–H groups in total. The lowest BCUT2D eigenvalue weighted by atomic mass is 10.0. The normalized spacial score (nSPS) is 14.7. The van der Waals surface area contributed by atoms with Crippen molar-refractivity contribution in [3.63, 3.8) is 0 Å². The van der Waals surface area contributed by atoms with Crippen molar-refractivity contribution in [2.24, 2.45) is 0 Å². The van der Waals surface area contributed by atoms with Gasteiger partial charge in [-0.1, -0.05) is 35.9 Å². The van der Waals surface area contributed by atoms with Crippen molar-refractivity contribution in [3.05, 3.63) is 69.6 Å². The first kappa shape index (κ1) is 18.9. The monoisotopic (exact) mass is 413 g/mol. The molecule has 0 spiro atoms. The molecule has 0 radical (unpaired) electrons. The van der Waals surface area contributed by atoms with Gasteiger partial charge in [-0.15, -0.1) is 11.3 Å². The summed E-state index contributed by atoms with van der Waals surface area (Å²) in [5.74, 6) is 0.855. The molecule has 1 saturated heterocycles. The highest BCUT2D eigenvalue weighted by molar-refractivity contribution is 7.07. The number of thiazole rings is 1. The van der Waals surface area contributed by atoms with Crippen molar-refractivity contribution in [2.45, 2.75) is 13.2 Å². The third-order valence-corrected chi connectivity index (χ3v) is 5.58. The highest BCUT2D eigenvalue weighted by Crippen LogP contribution is 2.32. The maximum absolute atomic E-state index is 11.8. The molecule has 0 saturated carbocycles. The minimum Gasteiger partial charge on any atom is -0.487 e. The zero-order valence-electron chi connectivity index (χ0n) is 15.2. The molecule has 28 heavy (non-hydrogen) atoms. The molecule has 0 unspecified atom stereocenters. The second-order valence-corrected chi connectivity index (χ2v) is 7.76. The molecule has 1 aliphatic heterocycles. The van der Waals surface area contributed by atoms with Crippen molar-refractivity contribution >= 4 is 28.8 Å². The molecule has 1 amide bonds. The van der Waals surface area contributed by atoms with Gasteiger partial charge in [0.1, 0.15) is 12.4 Å². The average molecular weight is 414 g/mol. The molecule has 0 bridgehead atoms. The molecule has 2 aromatic carbocycles. The molecule has 5 nitrogen and oxygen atoms in total. The molecule has 2 heterocycles. The highest BCUT2D eigenvalue weighted by Gasteiger charge is 2.18. The summed E-state index contributed by atoms with van der Waals surface area (Å²) in [6.07, 6.45) is 0. The Kier molecular flexibility index (Phi) is 5.90. The Labute approximate surface area is 172 Å². The van der Waals surface area contributed by atoms with E-state index >= 15 is 0 Å². The molecule has 1 aromatic heterocycles. The van der Waals surface area contributed by atoms with E-state index in [2.05, 4.69) is 21.3 Å². The Morgan fingerprint density at radius 1 is 1.25 bits per heavy atom. The number of nitrogens with one attached hydrogen (secondary N) is 1. The Balaban J connectivity index is 1.62. The number of halogens is 1. The van der Waals surface area contributed by atoms with Gasteiger partial charge in [-0.25, -0.2) is 4.98 Å². The van der Waals surface area contributed by atoms with Crippen LogP contribution in [0.3, 0.4) is 0 Å². The summed E-state index contributed by atoms with van der Waals surface area (Å²) in [5, 5.41) is 5.55. The Bertz CT molecular complexity index is 962. The summed E-state index contributed by atoms with van der Waals surface area (Å²) < 4.78 is 6.05. The van der Waals surface area contributed by atoms with Crippen LogP contribution in [0.1, 0.15) is 11.3 Å². The lowest BCUT2D eigenvalue weighted by Gasteiger charge is -2.27. The first-order valence-corrected chi connectivity index (χ1v) is 10.4. The second kappa shape index (κ2) is 8.73. The van der Waals surface area contributed by atoms with E-state index in [0.717, 1.165) is 34.7 Å². The van der Waals surface area contributed by atoms with Crippen LogP contribution in [0.2, 0.25) is 5.02 Å². The van der Waals surface area contributed by atoms with Crippen LogP contribution in [-0.2, 0) is 17.9 Å². The lowest BCUT2D eigenvalue weighted by molar-refractivity contribution is -0.124. The van der Waals surface area contributed by atoms with Gasteiger partial charge in [0.15, 0.2) is 0 Å². The topological polar surface area (TPSA) is 54.5 Å². The number of benzene rings is 2. The van der Waals surface area contributed by atoms with Crippen LogP contribution in [0, 0.1) is 0 Å². The first-order valence-electron chi connectivity index (χ1n) is 9.06. The van der Waals surface area contributed by atoms with Crippen molar-refractivity contribution < 1.29 is 9.53 Å². The largest absolute Gasteiger partial charge is 0.487 e. The number of aromatic nitrogens is 1. The van der Waals surface area contributed by atoms with E-state index < -0.39 is 0 Å².